The maximum atomic E-state index is 13.0. The average molecular weight is 525 g/mol. The Morgan fingerprint density at radius 1 is 1.11 bits per heavy atom. The molecule has 0 unspecified atom stereocenters. The number of fused-ring (bicyclic) bond motifs is 1. The van der Waals surface area contributed by atoms with Crippen molar-refractivity contribution in [3.05, 3.63) is 52.3 Å². The second-order valence-corrected chi connectivity index (χ2v) is 10.3. The molecule has 0 radical (unpaired) electrons. The van der Waals surface area contributed by atoms with E-state index in [0.29, 0.717) is 55.8 Å². The minimum absolute atomic E-state index is 0.0247. The lowest BCUT2D eigenvalue weighted by atomic mass is 10.1. The predicted molar refractivity (Wildman–Crippen MR) is 143 cm³/mol. The van der Waals surface area contributed by atoms with Crippen molar-refractivity contribution in [2.75, 3.05) is 39.5 Å². The molecule has 1 saturated heterocycles. The Morgan fingerprint density at radius 2 is 1.87 bits per heavy atom. The van der Waals surface area contributed by atoms with E-state index in [9.17, 15) is 14.4 Å². The van der Waals surface area contributed by atoms with Crippen molar-refractivity contribution in [2.45, 2.75) is 65.3 Å². The molecule has 1 N–H and O–H groups in total. The Labute approximate surface area is 224 Å². The highest BCUT2D eigenvalue weighted by atomic mass is 16.5. The normalized spacial score (nSPS) is 17.6. The number of esters is 1. The third-order valence-corrected chi connectivity index (χ3v) is 7.12. The van der Waals surface area contributed by atoms with Crippen molar-refractivity contribution in [3.8, 4) is 0 Å². The first-order valence-corrected chi connectivity index (χ1v) is 14.0. The number of ether oxygens (including phenoxy) is 2. The molecule has 0 saturated carbocycles. The van der Waals surface area contributed by atoms with E-state index in [1.807, 2.05) is 23.4 Å². The van der Waals surface area contributed by atoms with Crippen LogP contribution in [0.25, 0.3) is 0 Å². The number of aryl methyl sites for hydroxylation is 1. The molecule has 2 aliphatic heterocycles. The molecule has 1 aromatic heterocycles. The average Bonchev–Trinajstić information content (AvgIpc) is 3.27. The van der Waals surface area contributed by atoms with E-state index in [0.717, 1.165) is 56.6 Å². The highest BCUT2D eigenvalue weighted by Gasteiger charge is 2.24. The Hall–Kier alpha value is -3.20. The van der Waals surface area contributed by atoms with Gasteiger partial charge in [0.15, 0.2) is 0 Å². The first-order valence-electron chi connectivity index (χ1n) is 14.0. The number of carbonyl (C=O) groups is 3. The van der Waals surface area contributed by atoms with Gasteiger partial charge in [0.25, 0.3) is 11.8 Å². The molecular formula is C29H40N4O5. The Kier molecular flexibility index (Phi) is 9.92. The minimum Gasteiger partial charge on any atom is -0.462 e. The van der Waals surface area contributed by atoms with E-state index >= 15 is 0 Å². The van der Waals surface area contributed by atoms with Crippen molar-refractivity contribution in [1.29, 1.82) is 0 Å². The number of nitrogens with one attached hydrogen (secondary N) is 1. The molecule has 2 aromatic rings. The molecule has 0 spiro atoms. The monoisotopic (exact) mass is 524 g/mol. The molecule has 9 heteroatoms. The standard InChI is InChI=1S/C29H40N4O5/c1-3-24-26-25(12-8-16-37-17-9-13-30-27(26)34)33(31-24)19-21(2)20-38-29(36)23-11-7-10-22(18-23)28(35)32-14-5-4-6-15-32/h7,10-11,18,21H,3-6,8-9,12-17,19-20H2,1-2H3,(H,30,34)/t21-/m1/s1. The number of hydrogen-bond acceptors (Lipinski definition) is 6. The number of likely N-dealkylation sites (tertiary alicyclic amines) is 1. The Morgan fingerprint density at radius 3 is 2.66 bits per heavy atom. The van der Waals surface area contributed by atoms with E-state index < -0.39 is 5.97 Å². The van der Waals surface area contributed by atoms with E-state index in [-0.39, 0.29) is 24.3 Å². The summed E-state index contributed by atoms with van der Waals surface area (Å²) in [6.07, 6.45) is 6.14. The van der Waals surface area contributed by atoms with Gasteiger partial charge in [0.2, 0.25) is 0 Å². The van der Waals surface area contributed by atoms with Gasteiger partial charge in [-0.25, -0.2) is 4.79 Å². The molecule has 2 aliphatic rings. The van der Waals surface area contributed by atoms with Crippen LogP contribution in [0.2, 0.25) is 0 Å². The number of piperidine rings is 1. The van der Waals surface area contributed by atoms with Gasteiger partial charge in [-0.05, 0) is 63.1 Å². The van der Waals surface area contributed by atoms with E-state index in [4.69, 9.17) is 14.6 Å². The smallest absolute Gasteiger partial charge is 0.338 e. The predicted octanol–water partition coefficient (Wildman–Crippen LogP) is 3.65. The number of hydrogen-bond donors (Lipinski definition) is 1. The van der Waals surface area contributed by atoms with Crippen LogP contribution in [0.5, 0.6) is 0 Å². The highest BCUT2D eigenvalue weighted by molar-refractivity contribution is 5.98. The van der Waals surface area contributed by atoms with Crippen molar-refractivity contribution < 1.29 is 23.9 Å². The van der Waals surface area contributed by atoms with Gasteiger partial charge < -0.3 is 19.7 Å². The molecule has 9 nitrogen and oxygen atoms in total. The van der Waals surface area contributed by atoms with Crippen molar-refractivity contribution >= 4 is 17.8 Å². The molecule has 38 heavy (non-hydrogen) atoms. The summed E-state index contributed by atoms with van der Waals surface area (Å²) in [6.45, 7) is 8.11. The summed E-state index contributed by atoms with van der Waals surface area (Å²) < 4.78 is 13.2. The van der Waals surface area contributed by atoms with Gasteiger partial charge in [0.1, 0.15) is 0 Å². The number of carbonyl (C=O) groups excluding carboxylic acids is 3. The SMILES string of the molecule is CCc1nn(C[C@@H](C)COC(=O)c2cccc(C(=O)N3CCCCC3)c2)c2c1C(=O)NCCCOCCC2. The maximum Gasteiger partial charge on any atom is 0.338 e. The molecule has 1 aromatic carbocycles. The van der Waals surface area contributed by atoms with Crippen LogP contribution in [0.15, 0.2) is 24.3 Å². The summed E-state index contributed by atoms with van der Waals surface area (Å²) in [5.74, 6) is -0.590. The number of rotatable bonds is 7. The largest absolute Gasteiger partial charge is 0.462 e. The van der Waals surface area contributed by atoms with E-state index in [2.05, 4.69) is 5.32 Å². The molecule has 3 heterocycles. The third kappa shape index (κ3) is 7.01. The van der Waals surface area contributed by atoms with Gasteiger partial charge in [-0.15, -0.1) is 0 Å². The van der Waals surface area contributed by atoms with Crippen LogP contribution >= 0.6 is 0 Å². The third-order valence-electron chi connectivity index (χ3n) is 7.12. The summed E-state index contributed by atoms with van der Waals surface area (Å²) in [5, 5.41) is 7.76. The molecule has 1 fully saturated rings. The fourth-order valence-electron chi connectivity index (χ4n) is 5.08. The van der Waals surface area contributed by atoms with Crippen LogP contribution in [-0.4, -0.2) is 71.9 Å². The lowest BCUT2D eigenvalue weighted by Crippen LogP contribution is -2.35. The number of amides is 2. The zero-order valence-corrected chi connectivity index (χ0v) is 22.7. The van der Waals surface area contributed by atoms with Gasteiger partial charge in [-0.1, -0.05) is 19.9 Å². The van der Waals surface area contributed by atoms with E-state index in [1.54, 1.807) is 24.3 Å². The van der Waals surface area contributed by atoms with Gasteiger partial charge in [-0.3, -0.25) is 14.3 Å². The van der Waals surface area contributed by atoms with Crippen LogP contribution in [0.1, 0.15) is 88.4 Å². The molecule has 206 valence electrons. The quantitative estimate of drug-likeness (QED) is 0.555. The van der Waals surface area contributed by atoms with Crippen LogP contribution in [0, 0.1) is 5.92 Å². The van der Waals surface area contributed by atoms with Crippen LogP contribution < -0.4 is 5.32 Å². The van der Waals surface area contributed by atoms with Crippen LogP contribution in [0.4, 0.5) is 0 Å². The van der Waals surface area contributed by atoms with Crippen molar-refractivity contribution in [3.63, 3.8) is 0 Å². The number of aromatic nitrogens is 2. The van der Waals surface area contributed by atoms with Gasteiger partial charge >= 0.3 is 5.97 Å². The molecule has 2 amide bonds. The molecule has 4 rings (SSSR count). The van der Waals surface area contributed by atoms with Crippen molar-refractivity contribution in [2.24, 2.45) is 5.92 Å². The maximum absolute atomic E-state index is 13.0. The van der Waals surface area contributed by atoms with Gasteiger partial charge in [0.05, 0.1) is 29.1 Å². The first kappa shape index (κ1) is 27.8. The minimum atomic E-state index is -0.448. The molecule has 1 atom stereocenters. The molecular weight excluding hydrogens is 484 g/mol. The summed E-state index contributed by atoms with van der Waals surface area (Å²) >= 11 is 0. The summed E-state index contributed by atoms with van der Waals surface area (Å²) in [6, 6.07) is 6.79. The summed E-state index contributed by atoms with van der Waals surface area (Å²) in [4.78, 5) is 40.5. The van der Waals surface area contributed by atoms with Crippen LogP contribution in [-0.2, 0) is 28.9 Å². The van der Waals surface area contributed by atoms with Crippen molar-refractivity contribution in [1.82, 2.24) is 20.0 Å². The lowest BCUT2D eigenvalue weighted by molar-refractivity contribution is 0.0435. The zero-order valence-electron chi connectivity index (χ0n) is 22.7. The van der Waals surface area contributed by atoms with Crippen LogP contribution in [0.3, 0.4) is 0 Å². The second kappa shape index (κ2) is 13.6. The highest BCUT2D eigenvalue weighted by Crippen LogP contribution is 2.20. The first-order chi connectivity index (χ1) is 18.5. The topological polar surface area (TPSA) is 103 Å². The second-order valence-electron chi connectivity index (χ2n) is 10.3. The number of benzene rings is 1. The molecule has 0 aliphatic carbocycles. The fourth-order valence-corrected chi connectivity index (χ4v) is 5.08. The van der Waals surface area contributed by atoms with Gasteiger partial charge in [-0.2, -0.15) is 5.10 Å². The summed E-state index contributed by atoms with van der Waals surface area (Å²) in [7, 11) is 0. The molecule has 0 bridgehead atoms. The van der Waals surface area contributed by atoms with E-state index in [1.165, 1.54) is 0 Å². The number of nitrogens with zero attached hydrogens (tertiary/aromatic N) is 3. The zero-order chi connectivity index (χ0) is 26.9. The van der Waals surface area contributed by atoms with Gasteiger partial charge in [0, 0.05) is 50.9 Å². The Balaban J connectivity index is 1.40. The lowest BCUT2D eigenvalue weighted by Gasteiger charge is -2.26. The fraction of sp³-hybridized carbons (Fsp3) is 0.586. The summed E-state index contributed by atoms with van der Waals surface area (Å²) in [5.41, 5.74) is 3.26. The Bertz CT molecular complexity index is 1120.